The third kappa shape index (κ3) is 3.58. The number of rotatable bonds is 5. The van der Waals surface area contributed by atoms with E-state index < -0.39 is 0 Å². The van der Waals surface area contributed by atoms with Crippen molar-refractivity contribution in [1.82, 2.24) is 0 Å². The molecule has 2 aromatic rings. The highest BCUT2D eigenvalue weighted by molar-refractivity contribution is 6.07. The van der Waals surface area contributed by atoms with Gasteiger partial charge in [0.1, 0.15) is 11.5 Å². The Morgan fingerprint density at radius 3 is 2.14 bits per heavy atom. The summed E-state index contributed by atoms with van der Waals surface area (Å²) in [5.74, 6) is 0.375. The van der Waals surface area contributed by atoms with Crippen LogP contribution in [-0.2, 0) is 0 Å². The van der Waals surface area contributed by atoms with Crippen molar-refractivity contribution >= 4 is 11.9 Å². The lowest BCUT2D eigenvalue weighted by Crippen LogP contribution is -1.97. The van der Waals surface area contributed by atoms with Gasteiger partial charge in [0.15, 0.2) is 17.3 Å². The van der Waals surface area contributed by atoms with E-state index in [0.29, 0.717) is 22.6 Å². The number of hydrogen-bond acceptors (Lipinski definition) is 5. The molecule has 0 aromatic heterocycles. The molecule has 0 saturated heterocycles. The summed E-state index contributed by atoms with van der Waals surface area (Å²) in [5.41, 5.74) is 1.02. The molecule has 0 aliphatic rings. The van der Waals surface area contributed by atoms with E-state index in [1.807, 2.05) is 0 Å². The summed E-state index contributed by atoms with van der Waals surface area (Å²) in [6.45, 7) is 0. The predicted octanol–water partition coefficient (Wildman–Crippen LogP) is 3.01. The average molecular weight is 300 g/mol. The van der Waals surface area contributed by atoms with E-state index in [2.05, 4.69) is 0 Å². The second kappa shape index (κ2) is 6.67. The second-order valence-corrected chi connectivity index (χ2v) is 4.55. The van der Waals surface area contributed by atoms with Crippen LogP contribution < -0.4 is 9.47 Å². The molecule has 0 fully saturated rings. The molecule has 0 bridgehead atoms. The van der Waals surface area contributed by atoms with Gasteiger partial charge in [-0.3, -0.25) is 4.79 Å². The topological polar surface area (TPSA) is 76.0 Å². The standard InChI is InChI=1S/C17H16O5/c1-21-13-8-12(9-14(10-13)22-2)15(18)5-3-11-4-6-16(19)17(20)7-11/h3-10,19-20H,1-2H3. The summed E-state index contributed by atoms with van der Waals surface area (Å²) in [4.78, 5) is 12.2. The number of phenolic OH excluding ortho intramolecular Hbond substituents is 2. The Hall–Kier alpha value is -2.95. The third-order valence-corrected chi connectivity index (χ3v) is 3.06. The van der Waals surface area contributed by atoms with E-state index in [-0.39, 0.29) is 17.3 Å². The quantitative estimate of drug-likeness (QED) is 0.504. The normalized spacial score (nSPS) is 10.6. The van der Waals surface area contributed by atoms with Crippen molar-refractivity contribution in [3.05, 3.63) is 53.6 Å². The minimum absolute atomic E-state index is 0.207. The number of allylic oxidation sites excluding steroid dienone is 1. The fourth-order valence-electron chi connectivity index (χ4n) is 1.86. The molecule has 22 heavy (non-hydrogen) atoms. The van der Waals surface area contributed by atoms with Crippen molar-refractivity contribution in [2.24, 2.45) is 0 Å². The smallest absolute Gasteiger partial charge is 0.186 e. The largest absolute Gasteiger partial charge is 0.504 e. The second-order valence-electron chi connectivity index (χ2n) is 4.55. The van der Waals surface area contributed by atoms with Crippen molar-refractivity contribution in [3.63, 3.8) is 0 Å². The maximum absolute atomic E-state index is 12.2. The number of benzene rings is 2. The Labute approximate surface area is 128 Å². The van der Waals surface area contributed by atoms with Gasteiger partial charge in [0.05, 0.1) is 14.2 Å². The molecule has 5 heteroatoms. The number of carbonyl (C=O) groups is 1. The van der Waals surface area contributed by atoms with E-state index in [1.54, 1.807) is 30.3 Å². The fraction of sp³-hybridized carbons (Fsp3) is 0.118. The van der Waals surface area contributed by atoms with Crippen molar-refractivity contribution in [2.45, 2.75) is 0 Å². The van der Waals surface area contributed by atoms with Crippen molar-refractivity contribution in [3.8, 4) is 23.0 Å². The fourth-order valence-corrected chi connectivity index (χ4v) is 1.86. The average Bonchev–Trinajstić information content (AvgIpc) is 2.55. The first-order valence-electron chi connectivity index (χ1n) is 6.51. The van der Waals surface area contributed by atoms with Crippen LogP contribution in [0.3, 0.4) is 0 Å². The zero-order chi connectivity index (χ0) is 16.1. The highest BCUT2D eigenvalue weighted by atomic mass is 16.5. The van der Waals surface area contributed by atoms with Gasteiger partial charge in [-0.1, -0.05) is 12.1 Å². The first-order chi connectivity index (χ1) is 10.5. The molecule has 0 atom stereocenters. The SMILES string of the molecule is COc1cc(OC)cc(C(=O)C=Cc2ccc(O)c(O)c2)c1. The minimum atomic E-state index is -0.238. The highest BCUT2D eigenvalue weighted by Crippen LogP contribution is 2.26. The van der Waals surface area contributed by atoms with Gasteiger partial charge in [0.2, 0.25) is 0 Å². The first-order valence-corrected chi connectivity index (χ1v) is 6.51. The number of ketones is 1. The highest BCUT2D eigenvalue weighted by Gasteiger charge is 2.07. The monoisotopic (exact) mass is 300 g/mol. The zero-order valence-electron chi connectivity index (χ0n) is 12.2. The van der Waals surface area contributed by atoms with Gasteiger partial charge in [0.25, 0.3) is 0 Å². The molecule has 0 heterocycles. The molecule has 0 unspecified atom stereocenters. The molecular weight excluding hydrogens is 284 g/mol. The van der Waals surface area contributed by atoms with E-state index in [1.165, 1.54) is 32.4 Å². The molecule has 0 aliphatic heterocycles. The van der Waals surface area contributed by atoms with E-state index in [9.17, 15) is 15.0 Å². The molecule has 0 radical (unpaired) electrons. The third-order valence-electron chi connectivity index (χ3n) is 3.06. The van der Waals surface area contributed by atoms with Crippen LogP contribution in [0.15, 0.2) is 42.5 Å². The summed E-state index contributed by atoms with van der Waals surface area (Å²) in [7, 11) is 3.02. The molecule has 114 valence electrons. The molecule has 0 saturated carbocycles. The molecular formula is C17H16O5. The Morgan fingerprint density at radius 1 is 0.955 bits per heavy atom. The summed E-state index contributed by atoms with van der Waals surface area (Å²) in [5, 5.41) is 18.7. The lowest BCUT2D eigenvalue weighted by Gasteiger charge is -2.06. The number of ether oxygens (including phenoxy) is 2. The summed E-state index contributed by atoms with van der Waals surface area (Å²) in [6, 6.07) is 9.22. The van der Waals surface area contributed by atoms with Gasteiger partial charge in [-0.05, 0) is 35.9 Å². The lowest BCUT2D eigenvalue weighted by molar-refractivity contribution is 0.104. The summed E-state index contributed by atoms with van der Waals surface area (Å²) < 4.78 is 10.2. The Kier molecular flexibility index (Phi) is 4.68. The first kappa shape index (κ1) is 15.4. The number of methoxy groups -OCH3 is 2. The number of hydrogen-bond donors (Lipinski definition) is 2. The Balaban J connectivity index is 2.24. The van der Waals surface area contributed by atoms with Crippen LogP contribution in [0.2, 0.25) is 0 Å². The maximum Gasteiger partial charge on any atom is 0.186 e. The molecule has 0 amide bonds. The molecule has 0 aliphatic carbocycles. The zero-order valence-corrected chi connectivity index (χ0v) is 12.2. The molecule has 0 spiro atoms. The van der Waals surface area contributed by atoms with Crippen LogP contribution in [-0.4, -0.2) is 30.2 Å². The van der Waals surface area contributed by atoms with Gasteiger partial charge in [-0.2, -0.15) is 0 Å². The van der Waals surface area contributed by atoms with Crippen LogP contribution in [0.1, 0.15) is 15.9 Å². The number of carbonyl (C=O) groups excluding carboxylic acids is 1. The van der Waals surface area contributed by atoms with E-state index in [0.717, 1.165) is 0 Å². The van der Waals surface area contributed by atoms with Crippen LogP contribution >= 0.6 is 0 Å². The van der Waals surface area contributed by atoms with Gasteiger partial charge in [0, 0.05) is 11.6 Å². The van der Waals surface area contributed by atoms with E-state index in [4.69, 9.17) is 9.47 Å². The van der Waals surface area contributed by atoms with Crippen molar-refractivity contribution < 1.29 is 24.5 Å². The minimum Gasteiger partial charge on any atom is -0.504 e. The van der Waals surface area contributed by atoms with Gasteiger partial charge >= 0.3 is 0 Å². The summed E-state index contributed by atoms with van der Waals surface area (Å²) >= 11 is 0. The van der Waals surface area contributed by atoms with Gasteiger partial charge in [-0.25, -0.2) is 0 Å². The molecule has 2 aromatic carbocycles. The van der Waals surface area contributed by atoms with Gasteiger partial charge < -0.3 is 19.7 Å². The molecule has 2 N–H and O–H groups in total. The van der Waals surface area contributed by atoms with Crippen LogP contribution in [0, 0.1) is 0 Å². The Bertz CT molecular complexity index is 697. The van der Waals surface area contributed by atoms with Crippen LogP contribution in [0.25, 0.3) is 6.08 Å². The van der Waals surface area contributed by atoms with E-state index >= 15 is 0 Å². The summed E-state index contributed by atoms with van der Waals surface area (Å²) in [6.07, 6.45) is 2.92. The molecule has 5 nitrogen and oxygen atoms in total. The van der Waals surface area contributed by atoms with Crippen LogP contribution in [0.5, 0.6) is 23.0 Å². The van der Waals surface area contributed by atoms with Crippen molar-refractivity contribution in [2.75, 3.05) is 14.2 Å². The van der Waals surface area contributed by atoms with Crippen LogP contribution in [0.4, 0.5) is 0 Å². The lowest BCUT2D eigenvalue weighted by atomic mass is 10.1. The molecule has 2 rings (SSSR count). The van der Waals surface area contributed by atoms with Crippen molar-refractivity contribution in [1.29, 1.82) is 0 Å². The number of phenols is 2. The van der Waals surface area contributed by atoms with Gasteiger partial charge in [-0.15, -0.1) is 0 Å². The maximum atomic E-state index is 12.2. The number of aromatic hydroxyl groups is 2. The Morgan fingerprint density at radius 2 is 1.59 bits per heavy atom. The predicted molar refractivity (Wildman–Crippen MR) is 82.7 cm³/mol.